The van der Waals surface area contributed by atoms with E-state index in [1.165, 1.54) is 11.3 Å². The molecule has 1 fully saturated rings. The van der Waals surface area contributed by atoms with E-state index in [1.54, 1.807) is 30.3 Å². The molecular formula is C18H22ClN3O2S. The number of thiophene rings is 1. The number of piperidine rings is 1. The first-order valence-electron chi connectivity index (χ1n) is 8.09. The molecule has 0 spiro atoms. The lowest BCUT2D eigenvalue weighted by Crippen LogP contribution is -2.46. The van der Waals surface area contributed by atoms with Crippen LogP contribution in [0.4, 0.5) is 5.69 Å². The number of carbonyl (C=O) groups is 2. The Morgan fingerprint density at radius 1 is 1.24 bits per heavy atom. The molecule has 2 amide bonds. The Morgan fingerprint density at radius 2 is 2.08 bits per heavy atom. The van der Waals surface area contributed by atoms with Gasteiger partial charge in [0, 0.05) is 30.4 Å². The zero-order valence-electron chi connectivity index (χ0n) is 14.0. The molecule has 1 atom stereocenters. The van der Waals surface area contributed by atoms with Crippen molar-refractivity contribution in [1.82, 2.24) is 10.2 Å². The molecule has 134 valence electrons. The van der Waals surface area contributed by atoms with E-state index in [4.69, 9.17) is 0 Å². The molecule has 0 saturated carbocycles. The van der Waals surface area contributed by atoms with E-state index in [1.807, 2.05) is 23.4 Å². The summed E-state index contributed by atoms with van der Waals surface area (Å²) >= 11 is 1.39. The average molecular weight is 380 g/mol. The Kier molecular flexibility index (Phi) is 6.99. The van der Waals surface area contributed by atoms with Crippen molar-refractivity contribution in [3.63, 3.8) is 0 Å². The molecule has 1 aromatic carbocycles. The number of benzene rings is 1. The monoisotopic (exact) mass is 379 g/mol. The number of carbonyl (C=O) groups excluding carboxylic acids is 2. The van der Waals surface area contributed by atoms with Crippen molar-refractivity contribution in [2.24, 2.45) is 0 Å². The van der Waals surface area contributed by atoms with Crippen molar-refractivity contribution in [2.75, 3.05) is 25.5 Å². The number of amides is 2. The lowest BCUT2D eigenvalue weighted by molar-refractivity contribution is 0.0698. The fraction of sp³-hybridized carbons (Fsp3) is 0.333. The first kappa shape index (κ1) is 19.4. The van der Waals surface area contributed by atoms with Crippen molar-refractivity contribution in [3.05, 3.63) is 52.2 Å². The van der Waals surface area contributed by atoms with Crippen LogP contribution in [0.15, 0.2) is 41.8 Å². The van der Waals surface area contributed by atoms with Crippen LogP contribution in [-0.2, 0) is 0 Å². The molecule has 2 heterocycles. The highest BCUT2D eigenvalue weighted by atomic mass is 35.5. The van der Waals surface area contributed by atoms with Gasteiger partial charge in [-0.2, -0.15) is 0 Å². The maximum Gasteiger partial charge on any atom is 0.265 e. The number of hydrogen-bond acceptors (Lipinski definition) is 4. The second-order valence-electron chi connectivity index (χ2n) is 5.89. The molecule has 1 aliphatic heterocycles. The Bertz CT molecular complexity index is 721. The Balaban J connectivity index is 0.00000225. The van der Waals surface area contributed by atoms with Crippen molar-refractivity contribution >= 4 is 41.2 Å². The maximum atomic E-state index is 12.7. The van der Waals surface area contributed by atoms with Crippen LogP contribution in [0, 0.1) is 0 Å². The number of likely N-dealkylation sites (N-methyl/N-ethyl adjacent to an activating group) is 1. The average Bonchev–Trinajstić information content (AvgIpc) is 3.16. The lowest BCUT2D eigenvalue weighted by Gasteiger charge is -2.32. The third kappa shape index (κ3) is 4.81. The first-order valence-corrected chi connectivity index (χ1v) is 8.97. The molecule has 1 unspecified atom stereocenters. The molecule has 0 bridgehead atoms. The van der Waals surface area contributed by atoms with Crippen LogP contribution in [0.3, 0.4) is 0 Å². The SMILES string of the molecule is CNC1CCCN(C(=O)c2cccc(NC(=O)c3cccs3)c2)C1.Cl. The molecule has 0 radical (unpaired) electrons. The minimum atomic E-state index is -0.150. The quantitative estimate of drug-likeness (QED) is 0.857. The zero-order chi connectivity index (χ0) is 16.9. The van der Waals surface area contributed by atoms with Crippen LogP contribution in [-0.4, -0.2) is 42.9 Å². The van der Waals surface area contributed by atoms with Crippen LogP contribution in [0.5, 0.6) is 0 Å². The van der Waals surface area contributed by atoms with E-state index < -0.39 is 0 Å². The molecule has 0 aliphatic carbocycles. The minimum absolute atomic E-state index is 0. The number of likely N-dealkylation sites (tertiary alicyclic amines) is 1. The van der Waals surface area contributed by atoms with Crippen LogP contribution in [0.1, 0.15) is 32.9 Å². The van der Waals surface area contributed by atoms with Gasteiger partial charge in [-0.1, -0.05) is 12.1 Å². The molecular weight excluding hydrogens is 358 g/mol. The number of nitrogens with zero attached hydrogens (tertiary/aromatic N) is 1. The summed E-state index contributed by atoms with van der Waals surface area (Å²) in [6, 6.07) is 11.1. The number of rotatable bonds is 4. The van der Waals surface area contributed by atoms with E-state index in [2.05, 4.69) is 10.6 Å². The molecule has 3 rings (SSSR count). The number of anilines is 1. The smallest absolute Gasteiger partial charge is 0.265 e. The second kappa shape index (κ2) is 8.99. The van der Waals surface area contributed by atoms with Crippen molar-refractivity contribution in [1.29, 1.82) is 0 Å². The van der Waals surface area contributed by atoms with Gasteiger partial charge in [0.15, 0.2) is 0 Å². The van der Waals surface area contributed by atoms with Crippen molar-refractivity contribution in [3.8, 4) is 0 Å². The van der Waals surface area contributed by atoms with Crippen LogP contribution < -0.4 is 10.6 Å². The van der Waals surface area contributed by atoms with Gasteiger partial charge < -0.3 is 15.5 Å². The zero-order valence-corrected chi connectivity index (χ0v) is 15.7. The largest absolute Gasteiger partial charge is 0.337 e. The van der Waals surface area contributed by atoms with Gasteiger partial charge in [-0.05, 0) is 49.5 Å². The topological polar surface area (TPSA) is 61.4 Å². The minimum Gasteiger partial charge on any atom is -0.337 e. The molecule has 25 heavy (non-hydrogen) atoms. The number of halogens is 1. The molecule has 1 aliphatic rings. The van der Waals surface area contributed by atoms with Crippen LogP contribution in [0.2, 0.25) is 0 Å². The maximum absolute atomic E-state index is 12.7. The Morgan fingerprint density at radius 3 is 2.80 bits per heavy atom. The lowest BCUT2D eigenvalue weighted by atomic mass is 10.0. The molecule has 2 aromatic rings. The van der Waals surface area contributed by atoms with E-state index in [0.717, 1.165) is 25.9 Å². The molecule has 1 aromatic heterocycles. The van der Waals surface area contributed by atoms with Crippen molar-refractivity contribution < 1.29 is 9.59 Å². The summed E-state index contributed by atoms with van der Waals surface area (Å²) in [5.74, 6) is -0.134. The number of nitrogens with one attached hydrogen (secondary N) is 2. The van der Waals surface area contributed by atoms with Gasteiger partial charge in [0.25, 0.3) is 11.8 Å². The third-order valence-electron chi connectivity index (χ3n) is 4.23. The van der Waals surface area contributed by atoms with E-state index in [9.17, 15) is 9.59 Å². The standard InChI is InChI=1S/C18H21N3O2S.ClH/c1-19-15-7-3-9-21(12-15)18(23)13-5-2-6-14(11-13)20-17(22)16-8-4-10-24-16;/h2,4-6,8,10-11,15,19H,3,7,9,12H2,1H3,(H,20,22);1H. The van der Waals surface area contributed by atoms with Gasteiger partial charge in [-0.25, -0.2) is 0 Å². The highest BCUT2D eigenvalue weighted by molar-refractivity contribution is 7.12. The van der Waals surface area contributed by atoms with Gasteiger partial charge >= 0.3 is 0 Å². The summed E-state index contributed by atoms with van der Waals surface area (Å²) in [6.45, 7) is 1.50. The molecule has 7 heteroatoms. The van der Waals surface area contributed by atoms with Crippen LogP contribution >= 0.6 is 23.7 Å². The van der Waals surface area contributed by atoms with E-state index >= 15 is 0 Å². The number of hydrogen-bond donors (Lipinski definition) is 2. The Hall–Kier alpha value is -1.89. The third-order valence-corrected chi connectivity index (χ3v) is 5.10. The fourth-order valence-corrected chi connectivity index (χ4v) is 3.53. The summed E-state index contributed by atoms with van der Waals surface area (Å²) in [5, 5.41) is 7.96. The predicted molar refractivity (Wildman–Crippen MR) is 104 cm³/mol. The predicted octanol–water partition coefficient (Wildman–Crippen LogP) is 3.25. The van der Waals surface area contributed by atoms with E-state index in [0.29, 0.717) is 22.2 Å². The summed E-state index contributed by atoms with van der Waals surface area (Å²) in [7, 11) is 1.93. The van der Waals surface area contributed by atoms with Gasteiger partial charge in [-0.15, -0.1) is 23.7 Å². The van der Waals surface area contributed by atoms with Crippen LogP contribution in [0.25, 0.3) is 0 Å². The van der Waals surface area contributed by atoms with Gasteiger partial charge in [-0.3, -0.25) is 9.59 Å². The summed E-state index contributed by atoms with van der Waals surface area (Å²) < 4.78 is 0. The van der Waals surface area contributed by atoms with Gasteiger partial charge in [0.05, 0.1) is 4.88 Å². The second-order valence-corrected chi connectivity index (χ2v) is 6.84. The molecule has 1 saturated heterocycles. The molecule has 2 N–H and O–H groups in total. The van der Waals surface area contributed by atoms with Gasteiger partial charge in [0.2, 0.25) is 0 Å². The van der Waals surface area contributed by atoms with E-state index in [-0.39, 0.29) is 24.2 Å². The highest BCUT2D eigenvalue weighted by Crippen LogP contribution is 2.18. The summed E-state index contributed by atoms with van der Waals surface area (Å²) in [5.41, 5.74) is 1.25. The Labute approximate surface area is 157 Å². The normalized spacial score (nSPS) is 16.8. The highest BCUT2D eigenvalue weighted by Gasteiger charge is 2.23. The summed E-state index contributed by atoms with van der Waals surface area (Å²) in [6.07, 6.45) is 2.10. The summed E-state index contributed by atoms with van der Waals surface area (Å²) in [4.78, 5) is 27.4. The van der Waals surface area contributed by atoms with Gasteiger partial charge in [0.1, 0.15) is 0 Å². The first-order chi connectivity index (χ1) is 11.7. The molecule has 5 nitrogen and oxygen atoms in total. The van der Waals surface area contributed by atoms with Crippen molar-refractivity contribution in [2.45, 2.75) is 18.9 Å². The fourth-order valence-electron chi connectivity index (χ4n) is 2.91.